The normalized spacial score (nSPS) is 38.1. The van der Waals surface area contributed by atoms with Gasteiger partial charge in [-0.3, -0.25) is 4.79 Å². The van der Waals surface area contributed by atoms with Crippen LogP contribution in [0.5, 0.6) is 0 Å². The molecule has 0 aromatic heterocycles. The number of carbonyl (C=O) groups is 1. The monoisotopic (exact) mass is 246 g/mol. The molecule has 2 bridgehead atoms. The van der Waals surface area contributed by atoms with Crippen LogP contribution in [0.4, 0.5) is 0 Å². The van der Waals surface area contributed by atoms with Crippen LogP contribution >= 0.6 is 0 Å². The van der Waals surface area contributed by atoms with Gasteiger partial charge >= 0.3 is 0 Å². The zero-order chi connectivity index (χ0) is 12.2. The molecule has 4 rings (SSSR count). The first-order valence-corrected chi connectivity index (χ1v) is 7.72. The molecular formula is C16H22O2. The lowest BCUT2D eigenvalue weighted by Crippen LogP contribution is -2.52. The van der Waals surface area contributed by atoms with Gasteiger partial charge in [-0.1, -0.05) is 24.8 Å². The van der Waals surface area contributed by atoms with Crippen molar-refractivity contribution in [3.8, 4) is 0 Å². The van der Waals surface area contributed by atoms with Crippen molar-refractivity contribution in [2.45, 2.75) is 76.4 Å². The second kappa shape index (κ2) is 3.93. The van der Waals surface area contributed by atoms with Crippen LogP contribution in [0.2, 0.25) is 0 Å². The highest BCUT2D eigenvalue weighted by molar-refractivity contribution is 5.87. The van der Waals surface area contributed by atoms with Gasteiger partial charge in [0.2, 0.25) is 0 Å². The van der Waals surface area contributed by atoms with Gasteiger partial charge in [-0.25, -0.2) is 0 Å². The van der Waals surface area contributed by atoms with Crippen LogP contribution in [0.25, 0.3) is 0 Å². The number of fused-ring (bicyclic) bond motifs is 5. The van der Waals surface area contributed by atoms with Gasteiger partial charge in [0.1, 0.15) is 6.10 Å². The van der Waals surface area contributed by atoms with E-state index in [4.69, 9.17) is 4.74 Å². The van der Waals surface area contributed by atoms with E-state index < -0.39 is 0 Å². The summed E-state index contributed by atoms with van der Waals surface area (Å²) < 4.78 is 6.23. The molecule has 2 atom stereocenters. The predicted octanol–water partition coefficient (Wildman–Crippen LogP) is 3.55. The number of ketones is 1. The van der Waals surface area contributed by atoms with Crippen molar-refractivity contribution in [2.75, 3.05) is 0 Å². The van der Waals surface area contributed by atoms with Gasteiger partial charge in [0.15, 0.2) is 5.78 Å². The fourth-order valence-electron chi connectivity index (χ4n) is 5.02. The molecule has 0 aromatic carbocycles. The Morgan fingerprint density at radius 3 is 2.67 bits per heavy atom. The number of Topliss-reactive ketones (excluding diaryl/α,β-unsaturated/α-hetero) is 1. The standard InChI is InChI=1S/C16H22O2/c17-13-7-8-14-16(9-2-1-3-10-16)12-6-4-5-11(12)15(13)18-14/h14-15H,1-10H2/t14-,15-/m1/s1. The van der Waals surface area contributed by atoms with Crippen LogP contribution in [-0.4, -0.2) is 18.0 Å². The van der Waals surface area contributed by atoms with E-state index in [2.05, 4.69) is 0 Å². The maximum Gasteiger partial charge on any atom is 0.165 e. The summed E-state index contributed by atoms with van der Waals surface area (Å²) in [6, 6.07) is 0. The number of ether oxygens (including phenoxy) is 1. The van der Waals surface area contributed by atoms with Crippen LogP contribution < -0.4 is 0 Å². The fraction of sp³-hybridized carbons (Fsp3) is 0.812. The highest BCUT2D eigenvalue weighted by atomic mass is 16.5. The molecule has 1 saturated heterocycles. The minimum atomic E-state index is -0.131. The van der Waals surface area contributed by atoms with E-state index in [1.807, 2.05) is 0 Å². The van der Waals surface area contributed by atoms with Crippen molar-refractivity contribution >= 4 is 5.78 Å². The van der Waals surface area contributed by atoms with Crippen LogP contribution in [0.1, 0.15) is 64.2 Å². The number of hydrogen-bond donors (Lipinski definition) is 0. The highest BCUT2D eigenvalue weighted by Gasteiger charge is 2.53. The summed E-state index contributed by atoms with van der Waals surface area (Å²) in [6.07, 6.45) is 12.3. The molecule has 0 radical (unpaired) electrons. The molecule has 0 unspecified atom stereocenters. The Morgan fingerprint density at radius 2 is 1.83 bits per heavy atom. The first-order chi connectivity index (χ1) is 8.81. The van der Waals surface area contributed by atoms with Crippen molar-refractivity contribution in [1.82, 2.24) is 0 Å². The maximum atomic E-state index is 12.1. The molecule has 2 heteroatoms. The Labute approximate surface area is 109 Å². The van der Waals surface area contributed by atoms with Gasteiger partial charge in [-0.15, -0.1) is 0 Å². The Balaban J connectivity index is 1.82. The average molecular weight is 246 g/mol. The van der Waals surface area contributed by atoms with Crippen molar-refractivity contribution in [1.29, 1.82) is 0 Å². The summed E-state index contributed by atoms with van der Waals surface area (Å²) >= 11 is 0. The summed E-state index contributed by atoms with van der Waals surface area (Å²) in [5.41, 5.74) is 3.44. The molecule has 0 N–H and O–H groups in total. The molecule has 0 amide bonds. The summed E-state index contributed by atoms with van der Waals surface area (Å²) in [7, 11) is 0. The van der Waals surface area contributed by atoms with Gasteiger partial charge < -0.3 is 4.74 Å². The number of carbonyl (C=O) groups excluding carboxylic acids is 1. The van der Waals surface area contributed by atoms with E-state index in [1.54, 1.807) is 5.57 Å². The first kappa shape index (κ1) is 11.2. The predicted molar refractivity (Wildman–Crippen MR) is 69.3 cm³/mol. The minimum absolute atomic E-state index is 0.131. The molecule has 1 spiro atoms. The third-order valence-corrected chi connectivity index (χ3v) is 5.79. The molecule has 2 heterocycles. The van der Waals surface area contributed by atoms with Gasteiger partial charge in [-0.05, 0) is 44.1 Å². The minimum Gasteiger partial charge on any atom is -0.362 e. The van der Waals surface area contributed by atoms with Crippen molar-refractivity contribution in [2.24, 2.45) is 5.41 Å². The van der Waals surface area contributed by atoms with Crippen molar-refractivity contribution < 1.29 is 9.53 Å². The van der Waals surface area contributed by atoms with Crippen LogP contribution in [0.15, 0.2) is 11.1 Å². The lowest BCUT2D eigenvalue weighted by atomic mass is 9.60. The summed E-state index contributed by atoms with van der Waals surface area (Å²) in [5, 5.41) is 0. The average Bonchev–Trinajstić information content (AvgIpc) is 2.89. The molecule has 2 fully saturated rings. The van der Waals surface area contributed by atoms with Crippen LogP contribution in [-0.2, 0) is 9.53 Å². The number of hydrogen-bond acceptors (Lipinski definition) is 2. The molecule has 2 nitrogen and oxygen atoms in total. The van der Waals surface area contributed by atoms with Crippen molar-refractivity contribution in [3.63, 3.8) is 0 Å². The summed E-state index contributed by atoms with van der Waals surface area (Å²) in [5.74, 6) is 0.353. The van der Waals surface area contributed by atoms with Gasteiger partial charge in [0, 0.05) is 11.8 Å². The van der Waals surface area contributed by atoms with E-state index >= 15 is 0 Å². The zero-order valence-corrected chi connectivity index (χ0v) is 11.0. The van der Waals surface area contributed by atoms with E-state index in [-0.39, 0.29) is 6.10 Å². The van der Waals surface area contributed by atoms with E-state index in [0.717, 1.165) is 19.3 Å². The molecule has 4 aliphatic rings. The molecule has 0 aromatic rings. The fourth-order valence-corrected chi connectivity index (χ4v) is 5.02. The van der Waals surface area contributed by atoms with Gasteiger partial charge in [0.25, 0.3) is 0 Å². The first-order valence-electron chi connectivity index (χ1n) is 7.72. The molecule has 18 heavy (non-hydrogen) atoms. The zero-order valence-electron chi connectivity index (χ0n) is 11.0. The Bertz CT molecular complexity index is 415. The maximum absolute atomic E-state index is 12.1. The third-order valence-electron chi connectivity index (χ3n) is 5.79. The van der Waals surface area contributed by atoms with Crippen molar-refractivity contribution in [3.05, 3.63) is 11.1 Å². The molecule has 2 aliphatic carbocycles. The van der Waals surface area contributed by atoms with Gasteiger partial charge in [-0.2, -0.15) is 0 Å². The SMILES string of the molecule is O=C1CC[C@H]2O[C@@H]1C1=C(CCC1)C21CCCCC1. The quantitative estimate of drug-likeness (QED) is 0.611. The topological polar surface area (TPSA) is 26.3 Å². The molecule has 98 valence electrons. The summed E-state index contributed by atoms with van der Waals surface area (Å²) in [4.78, 5) is 12.1. The lowest BCUT2D eigenvalue weighted by molar-refractivity contribution is -0.154. The number of rotatable bonds is 0. The Morgan fingerprint density at radius 1 is 1.00 bits per heavy atom. The highest BCUT2D eigenvalue weighted by Crippen LogP contribution is 2.57. The Hall–Kier alpha value is -0.630. The molecule has 2 aliphatic heterocycles. The van der Waals surface area contributed by atoms with Crippen LogP contribution in [0, 0.1) is 5.41 Å². The second-order valence-corrected chi connectivity index (χ2v) is 6.58. The Kier molecular flexibility index (Phi) is 2.45. The molecular weight excluding hydrogens is 224 g/mol. The smallest absolute Gasteiger partial charge is 0.165 e. The third kappa shape index (κ3) is 1.36. The van der Waals surface area contributed by atoms with E-state index in [0.29, 0.717) is 17.3 Å². The van der Waals surface area contributed by atoms with Gasteiger partial charge in [0.05, 0.1) is 6.10 Å². The van der Waals surface area contributed by atoms with E-state index in [1.165, 1.54) is 50.5 Å². The summed E-state index contributed by atoms with van der Waals surface area (Å²) in [6.45, 7) is 0. The van der Waals surface area contributed by atoms with E-state index in [9.17, 15) is 4.79 Å². The molecule has 1 saturated carbocycles. The second-order valence-electron chi connectivity index (χ2n) is 6.58. The van der Waals surface area contributed by atoms with Crippen LogP contribution in [0.3, 0.4) is 0 Å². The lowest BCUT2D eigenvalue weighted by Gasteiger charge is -2.51. The largest absolute Gasteiger partial charge is 0.362 e.